The molecule has 2 N–H and O–H groups in total. The highest BCUT2D eigenvalue weighted by Crippen LogP contribution is 2.24. The van der Waals surface area contributed by atoms with Crippen molar-refractivity contribution >= 4 is 30.9 Å². The first kappa shape index (κ1) is 19.8. The van der Waals surface area contributed by atoms with Crippen LogP contribution in [0.15, 0.2) is 36.5 Å². The summed E-state index contributed by atoms with van der Waals surface area (Å²) in [6, 6.07) is 8.71. The molecule has 0 spiro atoms. The molecule has 0 aliphatic heterocycles. The third kappa shape index (κ3) is 3.84. The van der Waals surface area contributed by atoms with Crippen molar-refractivity contribution in [3.8, 4) is 11.9 Å². The van der Waals surface area contributed by atoms with Crippen LogP contribution in [0.5, 0.6) is 0 Å². The van der Waals surface area contributed by atoms with Crippen molar-refractivity contribution in [1.29, 1.82) is 5.26 Å². The van der Waals surface area contributed by atoms with E-state index in [0.29, 0.717) is 5.56 Å². The Kier molecular flexibility index (Phi) is 5.41. The van der Waals surface area contributed by atoms with Crippen LogP contribution < -0.4 is 16.2 Å². The van der Waals surface area contributed by atoms with E-state index in [1.807, 2.05) is 6.07 Å². The molecule has 0 bridgehead atoms. The Morgan fingerprint density at radius 3 is 2.69 bits per heavy atom. The van der Waals surface area contributed by atoms with E-state index in [1.165, 1.54) is 43.6 Å². The van der Waals surface area contributed by atoms with Crippen molar-refractivity contribution in [2.45, 2.75) is 6.92 Å². The summed E-state index contributed by atoms with van der Waals surface area (Å²) in [5.41, 5.74) is 1.000. The highest BCUT2D eigenvalue weighted by atomic mass is 19.1. The van der Waals surface area contributed by atoms with E-state index >= 15 is 0 Å². The number of nitrogens with one attached hydrogen (secondary N) is 2. The second-order valence-corrected chi connectivity index (χ2v) is 6.04. The van der Waals surface area contributed by atoms with Crippen LogP contribution in [0.2, 0.25) is 0 Å². The molecule has 3 aromatic rings. The summed E-state index contributed by atoms with van der Waals surface area (Å²) < 4.78 is 15.1. The minimum absolute atomic E-state index is 0.0109. The number of carbonyl (C=O) groups is 2. The summed E-state index contributed by atoms with van der Waals surface area (Å²) in [4.78, 5) is 29.1. The number of carbonyl (C=O) groups excluding carboxylic acids is 2. The van der Waals surface area contributed by atoms with Crippen molar-refractivity contribution in [3.05, 3.63) is 64.7 Å². The van der Waals surface area contributed by atoms with Gasteiger partial charge in [-0.15, -0.1) is 0 Å². The molecule has 29 heavy (non-hydrogen) atoms. The predicted molar refractivity (Wildman–Crippen MR) is 104 cm³/mol. The van der Waals surface area contributed by atoms with Gasteiger partial charge < -0.3 is 10.6 Å². The van der Waals surface area contributed by atoms with E-state index in [4.69, 9.17) is 13.1 Å². The first-order chi connectivity index (χ1) is 13.8. The Hall–Kier alpha value is -4.00. The molecule has 2 heterocycles. The van der Waals surface area contributed by atoms with E-state index in [1.54, 1.807) is 6.92 Å². The molecule has 10 heteroatoms. The molecule has 0 fully saturated rings. The molecule has 0 aliphatic carbocycles. The van der Waals surface area contributed by atoms with Crippen molar-refractivity contribution in [1.82, 2.24) is 20.1 Å². The van der Waals surface area contributed by atoms with Crippen LogP contribution in [0.4, 0.5) is 10.1 Å². The van der Waals surface area contributed by atoms with Gasteiger partial charge in [-0.1, -0.05) is 0 Å². The number of nitrogens with zero attached hydrogens (tertiary/aromatic N) is 4. The fourth-order valence-electron chi connectivity index (χ4n) is 2.76. The third-order valence-electron chi connectivity index (χ3n) is 4.08. The highest BCUT2D eigenvalue weighted by Gasteiger charge is 2.22. The van der Waals surface area contributed by atoms with Gasteiger partial charge in [0.2, 0.25) is 0 Å². The highest BCUT2D eigenvalue weighted by molar-refractivity contribution is 6.31. The molecule has 2 aromatic heterocycles. The van der Waals surface area contributed by atoms with Crippen LogP contribution in [-0.2, 0) is 0 Å². The maximum Gasteiger partial charge on any atom is 0.274 e. The number of amides is 2. The average Bonchev–Trinajstić information content (AvgIpc) is 3.10. The zero-order valence-electron chi connectivity index (χ0n) is 15.5. The SMILES string of the molecule is [B]c1cc(C(=O)Nc2c(C)cc(C#N)cc2C(=O)NC)n(-c2ncccc2F)n1. The fraction of sp³-hybridized carbons (Fsp3) is 0.105. The lowest BCUT2D eigenvalue weighted by Gasteiger charge is -2.14. The van der Waals surface area contributed by atoms with E-state index < -0.39 is 17.6 Å². The summed E-state index contributed by atoms with van der Waals surface area (Å²) in [5, 5.41) is 18.2. The lowest BCUT2D eigenvalue weighted by molar-refractivity contribution is 0.0964. The van der Waals surface area contributed by atoms with Gasteiger partial charge in [-0.05, 0) is 42.8 Å². The zero-order chi connectivity index (χ0) is 21.1. The first-order valence-electron chi connectivity index (χ1n) is 8.40. The second kappa shape index (κ2) is 7.94. The Morgan fingerprint density at radius 1 is 1.28 bits per heavy atom. The van der Waals surface area contributed by atoms with Crippen LogP contribution in [0, 0.1) is 24.1 Å². The van der Waals surface area contributed by atoms with Crippen LogP contribution in [0.25, 0.3) is 5.82 Å². The van der Waals surface area contributed by atoms with E-state index in [0.717, 1.165) is 4.68 Å². The van der Waals surface area contributed by atoms with Crippen molar-refractivity contribution in [2.75, 3.05) is 12.4 Å². The summed E-state index contributed by atoms with van der Waals surface area (Å²) in [6.07, 6.45) is 1.35. The first-order valence-corrected chi connectivity index (χ1v) is 8.40. The number of aromatic nitrogens is 3. The number of anilines is 1. The molecule has 8 nitrogen and oxygen atoms in total. The Bertz CT molecular complexity index is 1170. The lowest BCUT2D eigenvalue weighted by atomic mass is 10.0. The van der Waals surface area contributed by atoms with Crippen LogP contribution in [0.1, 0.15) is 32.0 Å². The Morgan fingerprint density at radius 2 is 2.03 bits per heavy atom. The number of nitriles is 1. The smallest absolute Gasteiger partial charge is 0.274 e. The van der Waals surface area contributed by atoms with E-state index in [2.05, 4.69) is 20.7 Å². The summed E-state index contributed by atoms with van der Waals surface area (Å²) in [6.45, 7) is 1.65. The molecule has 0 aliphatic rings. The fourth-order valence-corrected chi connectivity index (χ4v) is 2.76. The average molecular weight is 388 g/mol. The molecule has 2 amide bonds. The number of pyridine rings is 1. The molecule has 142 valence electrons. The standard InChI is InChI=1S/C19H14BFN6O2/c1-10-6-11(9-22)7-12(18(28)23-2)16(10)25-19(29)14-8-15(20)26-27(14)17-13(21)4-3-5-24-17/h3-8H,1-2H3,(H,23,28)(H,25,29). The molecule has 2 radical (unpaired) electrons. The number of hydrogen-bond acceptors (Lipinski definition) is 5. The summed E-state index contributed by atoms with van der Waals surface area (Å²) in [7, 11) is 7.14. The van der Waals surface area contributed by atoms with E-state index in [9.17, 15) is 14.0 Å². The van der Waals surface area contributed by atoms with Crippen molar-refractivity contribution < 1.29 is 14.0 Å². The molecule has 0 atom stereocenters. The quantitative estimate of drug-likeness (QED) is 0.648. The normalized spacial score (nSPS) is 10.3. The third-order valence-corrected chi connectivity index (χ3v) is 4.08. The second-order valence-electron chi connectivity index (χ2n) is 6.04. The Balaban J connectivity index is 2.06. The molecule has 0 saturated heterocycles. The Labute approximate surface area is 166 Å². The maximum absolute atomic E-state index is 14.1. The number of aryl methyl sites for hydroxylation is 1. The number of hydrogen-bond donors (Lipinski definition) is 2. The van der Waals surface area contributed by atoms with Gasteiger partial charge in [0.05, 0.1) is 22.9 Å². The van der Waals surface area contributed by atoms with Crippen molar-refractivity contribution in [3.63, 3.8) is 0 Å². The van der Waals surface area contributed by atoms with Gasteiger partial charge in [0, 0.05) is 18.8 Å². The van der Waals surface area contributed by atoms with E-state index in [-0.39, 0.29) is 33.9 Å². The zero-order valence-corrected chi connectivity index (χ0v) is 15.5. The minimum Gasteiger partial charge on any atom is -0.355 e. The van der Waals surface area contributed by atoms with Gasteiger partial charge in [0.25, 0.3) is 11.8 Å². The predicted octanol–water partition coefficient (Wildman–Crippen LogP) is 0.992. The largest absolute Gasteiger partial charge is 0.355 e. The molecule has 3 rings (SSSR count). The van der Waals surface area contributed by atoms with Gasteiger partial charge in [0.15, 0.2) is 11.6 Å². The summed E-state index contributed by atoms with van der Waals surface area (Å²) >= 11 is 0. The van der Waals surface area contributed by atoms with Gasteiger partial charge in [0.1, 0.15) is 13.5 Å². The van der Waals surface area contributed by atoms with Crippen LogP contribution >= 0.6 is 0 Å². The minimum atomic E-state index is -0.690. The molecular weight excluding hydrogens is 374 g/mol. The van der Waals surface area contributed by atoms with Gasteiger partial charge in [-0.2, -0.15) is 10.4 Å². The topological polar surface area (TPSA) is 113 Å². The van der Waals surface area contributed by atoms with Gasteiger partial charge >= 0.3 is 0 Å². The van der Waals surface area contributed by atoms with Gasteiger partial charge in [-0.3, -0.25) is 9.59 Å². The van der Waals surface area contributed by atoms with Crippen LogP contribution in [-0.4, -0.2) is 41.5 Å². The maximum atomic E-state index is 14.1. The molecule has 0 unspecified atom stereocenters. The number of benzene rings is 1. The monoisotopic (exact) mass is 388 g/mol. The van der Waals surface area contributed by atoms with Gasteiger partial charge in [-0.25, -0.2) is 14.1 Å². The number of halogens is 1. The molecular formula is C19H14BFN6O2. The lowest BCUT2D eigenvalue weighted by Crippen LogP contribution is -2.24. The van der Waals surface area contributed by atoms with Crippen LogP contribution in [0.3, 0.4) is 0 Å². The number of rotatable bonds is 4. The van der Waals surface area contributed by atoms with Crippen molar-refractivity contribution in [2.24, 2.45) is 0 Å². The summed E-state index contributed by atoms with van der Waals surface area (Å²) in [5.74, 6) is -2.05. The molecule has 0 saturated carbocycles. The molecule has 1 aromatic carbocycles.